The molecule has 0 unspecified atom stereocenters. The number of pyridine rings is 1. The van der Waals surface area contributed by atoms with Crippen molar-refractivity contribution in [2.75, 3.05) is 0 Å². The molecular weight excluding hydrogens is 613 g/mol. The predicted molar refractivity (Wildman–Crippen MR) is 202 cm³/mol. The summed E-state index contributed by atoms with van der Waals surface area (Å²) >= 11 is 0. The van der Waals surface area contributed by atoms with Gasteiger partial charge in [0.05, 0.1) is 22.1 Å². The van der Waals surface area contributed by atoms with Gasteiger partial charge < -0.3 is 4.57 Å². The molecule has 236 valence electrons. The van der Waals surface area contributed by atoms with Crippen molar-refractivity contribution in [3.8, 4) is 34.4 Å². The molecule has 0 fully saturated rings. The highest BCUT2D eigenvalue weighted by atomic mass is 15.2. The normalized spacial score (nSPS) is 12.8. The van der Waals surface area contributed by atoms with E-state index >= 15 is 0 Å². The van der Waals surface area contributed by atoms with E-state index in [4.69, 9.17) is 19.9 Å². The van der Waals surface area contributed by atoms with Gasteiger partial charge in [0.15, 0.2) is 11.6 Å². The van der Waals surface area contributed by atoms with Gasteiger partial charge >= 0.3 is 0 Å². The van der Waals surface area contributed by atoms with Crippen molar-refractivity contribution in [2.45, 2.75) is 12.8 Å². The van der Waals surface area contributed by atoms with Gasteiger partial charge in [-0.3, -0.25) is 9.55 Å². The minimum absolute atomic E-state index is 0.594. The van der Waals surface area contributed by atoms with Crippen LogP contribution in [0.2, 0.25) is 0 Å². The van der Waals surface area contributed by atoms with Crippen LogP contribution in [-0.2, 0) is 6.42 Å². The summed E-state index contributed by atoms with van der Waals surface area (Å²) in [4.78, 5) is 20.1. The molecule has 0 bridgehead atoms. The van der Waals surface area contributed by atoms with E-state index in [1.165, 1.54) is 22.4 Å². The van der Waals surface area contributed by atoms with Crippen LogP contribution in [-0.4, -0.2) is 29.1 Å². The Balaban J connectivity index is 1.18. The summed E-state index contributed by atoms with van der Waals surface area (Å²) in [5, 5.41) is 2.32. The zero-order valence-electron chi connectivity index (χ0n) is 27.1. The van der Waals surface area contributed by atoms with Crippen molar-refractivity contribution < 1.29 is 0 Å². The van der Waals surface area contributed by atoms with Crippen molar-refractivity contribution in [3.63, 3.8) is 0 Å². The zero-order valence-corrected chi connectivity index (χ0v) is 27.1. The monoisotopic (exact) mass is 642 g/mol. The van der Waals surface area contributed by atoms with Crippen LogP contribution in [0.3, 0.4) is 0 Å². The van der Waals surface area contributed by atoms with E-state index in [2.05, 4.69) is 94.1 Å². The van der Waals surface area contributed by atoms with Crippen LogP contribution in [0.4, 0.5) is 0 Å². The Morgan fingerprint density at radius 2 is 1.12 bits per heavy atom. The molecule has 1 aliphatic rings. The summed E-state index contributed by atoms with van der Waals surface area (Å²) < 4.78 is 4.58. The Bertz CT molecular complexity index is 2680. The maximum absolute atomic E-state index is 5.12. The molecule has 1 aliphatic carbocycles. The van der Waals surface area contributed by atoms with E-state index in [9.17, 15) is 0 Å². The number of aromatic nitrogens is 6. The summed E-state index contributed by atoms with van der Waals surface area (Å²) in [5.74, 6) is 1.87. The first-order chi connectivity index (χ1) is 24.8. The van der Waals surface area contributed by atoms with Gasteiger partial charge in [0, 0.05) is 45.0 Å². The number of nitrogens with zero attached hydrogens (tertiary/aromatic N) is 6. The fourth-order valence-electron chi connectivity index (χ4n) is 7.47. The van der Waals surface area contributed by atoms with Gasteiger partial charge in [-0.2, -0.15) is 9.97 Å². The van der Waals surface area contributed by atoms with Crippen LogP contribution >= 0.6 is 0 Å². The van der Waals surface area contributed by atoms with Crippen LogP contribution in [0, 0.1) is 0 Å². The first-order valence-electron chi connectivity index (χ1n) is 17.0. The summed E-state index contributed by atoms with van der Waals surface area (Å²) in [6.07, 6.45) is 6.09. The van der Waals surface area contributed by atoms with Crippen molar-refractivity contribution in [1.82, 2.24) is 29.1 Å². The maximum Gasteiger partial charge on any atom is 0.238 e. The minimum Gasteiger partial charge on any atom is -0.311 e. The molecule has 0 atom stereocenters. The average Bonchev–Trinajstić information content (AvgIpc) is 3.71. The summed E-state index contributed by atoms with van der Waals surface area (Å²) in [5.41, 5.74) is 12.3. The highest BCUT2D eigenvalue weighted by molar-refractivity contribution is 6.10. The minimum atomic E-state index is 0.594. The van der Waals surface area contributed by atoms with Gasteiger partial charge in [-0.25, -0.2) is 4.98 Å². The smallest absolute Gasteiger partial charge is 0.238 e. The second-order valence-corrected chi connectivity index (χ2v) is 12.7. The standard InChI is InChI=1S/C44H30N6/c1-4-13-29(14-5-1)42-46-43(30-15-6-2-7-16-30)48-44(47-42)50-37-20-11-10-19-34(37)35-24-22-32(28-40(35)50)31-23-25-38-36(27-31)41-39(21-12-26-45-41)49(38)33-17-8-3-9-18-33/h1-22,24,26-28H,23,25H2. The van der Waals surface area contributed by atoms with E-state index in [-0.39, 0.29) is 0 Å². The Morgan fingerprint density at radius 3 is 1.86 bits per heavy atom. The van der Waals surface area contributed by atoms with Crippen LogP contribution in [0.25, 0.3) is 78.9 Å². The highest BCUT2D eigenvalue weighted by Crippen LogP contribution is 2.40. The lowest BCUT2D eigenvalue weighted by Crippen LogP contribution is -2.07. The van der Waals surface area contributed by atoms with Crippen LogP contribution in [0.15, 0.2) is 152 Å². The number of rotatable bonds is 5. The summed E-state index contributed by atoms with van der Waals surface area (Å²) in [6.45, 7) is 0. The first-order valence-corrected chi connectivity index (χ1v) is 17.0. The second-order valence-electron chi connectivity index (χ2n) is 12.7. The van der Waals surface area contributed by atoms with Gasteiger partial charge in [0.25, 0.3) is 0 Å². The molecule has 0 N–H and O–H groups in total. The molecule has 4 heterocycles. The Morgan fingerprint density at radius 1 is 0.480 bits per heavy atom. The van der Waals surface area contributed by atoms with Gasteiger partial charge in [0.1, 0.15) is 0 Å². The molecule has 10 rings (SSSR count). The number of para-hydroxylation sites is 2. The van der Waals surface area contributed by atoms with E-state index in [0.29, 0.717) is 17.6 Å². The highest BCUT2D eigenvalue weighted by Gasteiger charge is 2.24. The molecular formula is C44H30N6. The number of allylic oxidation sites excluding steroid dienone is 1. The van der Waals surface area contributed by atoms with E-state index in [1.807, 2.05) is 72.9 Å². The van der Waals surface area contributed by atoms with Crippen LogP contribution in [0.5, 0.6) is 0 Å². The van der Waals surface area contributed by atoms with E-state index < -0.39 is 0 Å². The summed E-state index contributed by atoms with van der Waals surface area (Å²) in [7, 11) is 0. The van der Waals surface area contributed by atoms with E-state index in [0.717, 1.165) is 62.5 Å². The molecule has 6 heteroatoms. The van der Waals surface area contributed by atoms with Gasteiger partial charge in [-0.15, -0.1) is 0 Å². The van der Waals surface area contributed by atoms with Crippen molar-refractivity contribution in [1.29, 1.82) is 0 Å². The lowest BCUT2D eigenvalue weighted by Gasteiger charge is -2.18. The molecule has 0 saturated carbocycles. The lowest BCUT2D eigenvalue weighted by atomic mass is 9.91. The third-order valence-electron chi connectivity index (χ3n) is 9.76. The third-order valence-corrected chi connectivity index (χ3v) is 9.76. The van der Waals surface area contributed by atoms with Crippen molar-refractivity contribution >= 4 is 44.5 Å². The summed E-state index contributed by atoms with van der Waals surface area (Å²) in [6, 6.07) is 50.4. The molecule has 9 aromatic rings. The van der Waals surface area contributed by atoms with Crippen LogP contribution < -0.4 is 0 Å². The molecule has 0 amide bonds. The molecule has 0 spiro atoms. The number of benzene rings is 5. The largest absolute Gasteiger partial charge is 0.311 e. The number of hydrogen-bond acceptors (Lipinski definition) is 4. The van der Waals surface area contributed by atoms with Gasteiger partial charge in [0.2, 0.25) is 5.95 Å². The maximum atomic E-state index is 5.12. The fourth-order valence-corrected chi connectivity index (χ4v) is 7.47. The van der Waals surface area contributed by atoms with Crippen molar-refractivity contribution in [2.24, 2.45) is 0 Å². The molecule has 4 aromatic heterocycles. The SMILES string of the molecule is C1=C(c2ccc3c4ccccc4n(-c4nc(-c5ccccc5)nc(-c5ccccc5)n4)c3c2)CCc2c1c1ncccc1n2-c1ccccc1. The van der Waals surface area contributed by atoms with Crippen LogP contribution in [0.1, 0.15) is 23.2 Å². The average molecular weight is 643 g/mol. The lowest BCUT2D eigenvalue weighted by molar-refractivity contribution is 0.898. The zero-order chi connectivity index (χ0) is 33.0. The quantitative estimate of drug-likeness (QED) is 0.187. The molecule has 6 nitrogen and oxygen atoms in total. The molecule has 0 aliphatic heterocycles. The van der Waals surface area contributed by atoms with Crippen molar-refractivity contribution in [3.05, 3.63) is 169 Å². The number of fused-ring (bicyclic) bond motifs is 6. The topological polar surface area (TPSA) is 61.4 Å². The van der Waals surface area contributed by atoms with Gasteiger partial charge in [-0.1, -0.05) is 109 Å². The van der Waals surface area contributed by atoms with E-state index in [1.54, 1.807) is 0 Å². The molecule has 5 aromatic carbocycles. The Hall–Kier alpha value is -6.66. The first kappa shape index (κ1) is 28.4. The van der Waals surface area contributed by atoms with Gasteiger partial charge in [-0.05, 0) is 66.5 Å². The fraction of sp³-hybridized carbons (Fsp3) is 0.0455. The molecule has 0 radical (unpaired) electrons. The predicted octanol–water partition coefficient (Wildman–Crippen LogP) is 10.1. The number of hydrogen-bond donors (Lipinski definition) is 0. The molecule has 0 saturated heterocycles. The Labute approximate surface area is 288 Å². The second kappa shape index (κ2) is 11.5. The third kappa shape index (κ3) is 4.57. The Kier molecular flexibility index (Phi) is 6.52. The molecule has 50 heavy (non-hydrogen) atoms.